The maximum Gasteiger partial charge on any atom is 0.263 e. The quantitative estimate of drug-likeness (QED) is 0.892. The highest BCUT2D eigenvalue weighted by molar-refractivity contribution is 5.71. The van der Waals surface area contributed by atoms with Gasteiger partial charge in [0.2, 0.25) is 0 Å². The highest BCUT2D eigenvalue weighted by Gasteiger charge is 2.14. The largest absolute Gasteiger partial charge is 0.383 e. The predicted octanol–water partition coefficient (Wildman–Crippen LogP) is 4.18. The molecule has 0 unspecified atom stereocenters. The van der Waals surface area contributed by atoms with Gasteiger partial charge in [0, 0.05) is 17.7 Å². The van der Waals surface area contributed by atoms with Gasteiger partial charge in [0.05, 0.1) is 0 Å². The molecule has 0 saturated carbocycles. The number of anilines is 1. The van der Waals surface area contributed by atoms with Crippen LogP contribution >= 0.6 is 0 Å². The van der Waals surface area contributed by atoms with Crippen molar-refractivity contribution in [2.45, 2.75) is 39.7 Å². The second-order valence-electron chi connectivity index (χ2n) is 4.82. The lowest BCUT2D eigenvalue weighted by atomic mass is 10.1. The van der Waals surface area contributed by atoms with E-state index in [1.807, 2.05) is 11.5 Å². The van der Waals surface area contributed by atoms with Crippen LogP contribution in [0.2, 0.25) is 0 Å². The van der Waals surface area contributed by atoms with Crippen molar-refractivity contribution in [1.82, 2.24) is 9.55 Å². The van der Waals surface area contributed by atoms with Crippen molar-refractivity contribution in [1.29, 1.82) is 0 Å². The summed E-state index contributed by atoms with van der Waals surface area (Å²) in [5.74, 6) is 1.45. The van der Waals surface area contributed by atoms with Crippen LogP contribution in [0, 0.1) is 6.92 Å². The number of nitrogens with zero attached hydrogens (tertiary/aromatic N) is 2. The molecule has 0 saturated heterocycles. The molecule has 1 heterocycles. The summed E-state index contributed by atoms with van der Waals surface area (Å²) in [5.41, 5.74) is 7.57. The summed E-state index contributed by atoms with van der Waals surface area (Å²) < 4.78 is 27.1. The summed E-state index contributed by atoms with van der Waals surface area (Å²) in [6.07, 6.45) is -0.342. The SMILES string of the molecule is CCCCn1c(C)nc(-c2ccc(C(F)F)cc2)c1N. The minimum Gasteiger partial charge on any atom is -0.383 e. The minimum atomic E-state index is -2.45. The number of imidazole rings is 1. The van der Waals surface area contributed by atoms with Crippen molar-refractivity contribution in [3.05, 3.63) is 35.7 Å². The van der Waals surface area contributed by atoms with Gasteiger partial charge in [0.25, 0.3) is 6.43 Å². The standard InChI is InChI=1S/C15H19F2N3/c1-3-4-9-20-10(2)19-13(15(20)18)11-5-7-12(8-6-11)14(16)17/h5-8,14H,3-4,9,18H2,1-2H3. The molecule has 0 amide bonds. The van der Waals surface area contributed by atoms with Crippen molar-refractivity contribution in [3.8, 4) is 11.3 Å². The topological polar surface area (TPSA) is 43.8 Å². The van der Waals surface area contributed by atoms with Gasteiger partial charge in [-0.05, 0) is 13.3 Å². The molecular formula is C15H19F2N3. The Labute approximate surface area is 117 Å². The molecule has 0 fully saturated rings. The number of benzene rings is 1. The summed E-state index contributed by atoms with van der Waals surface area (Å²) in [7, 11) is 0. The third-order valence-electron chi connectivity index (χ3n) is 3.37. The number of aryl methyl sites for hydroxylation is 1. The van der Waals surface area contributed by atoms with Crippen LogP contribution in [-0.4, -0.2) is 9.55 Å². The highest BCUT2D eigenvalue weighted by Crippen LogP contribution is 2.28. The first-order chi connectivity index (χ1) is 9.54. The molecule has 20 heavy (non-hydrogen) atoms. The Kier molecular flexibility index (Phi) is 4.37. The Hall–Kier alpha value is -1.91. The monoisotopic (exact) mass is 279 g/mol. The van der Waals surface area contributed by atoms with E-state index < -0.39 is 6.43 Å². The lowest BCUT2D eigenvalue weighted by Crippen LogP contribution is -2.04. The molecule has 0 aliphatic rings. The number of aromatic nitrogens is 2. The zero-order chi connectivity index (χ0) is 14.7. The number of alkyl halides is 2. The van der Waals surface area contributed by atoms with Crippen LogP contribution in [-0.2, 0) is 6.54 Å². The fraction of sp³-hybridized carbons (Fsp3) is 0.400. The first-order valence-electron chi connectivity index (χ1n) is 6.75. The molecule has 2 rings (SSSR count). The molecule has 0 radical (unpaired) electrons. The lowest BCUT2D eigenvalue weighted by Gasteiger charge is -2.07. The van der Waals surface area contributed by atoms with Crippen LogP contribution < -0.4 is 5.73 Å². The molecule has 1 aromatic heterocycles. The van der Waals surface area contributed by atoms with Crippen molar-refractivity contribution in [2.75, 3.05) is 5.73 Å². The number of halogens is 2. The van der Waals surface area contributed by atoms with Crippen molar-refractivity contribution < 1.29 is 8.78 Å². The van der Waals surface area contributed by atoms with Crippen molar-refractivity contribution in [3.63, 3.8) is 0 Å². The van der Waals surface area contributed by atoms with Gasteiger partial charge < -0.3 is 10.3 Å². The van der Waals surface area contributed by atoms with Gasteiger partial charge in [-0.2, -0.15) is 0 Å². The third-order valence-corrected chi connectivity index (χ3v) is 3.37. The Morgan fingerprint density at radius 1 is 1.25 bits per heavy atom. The van der Waals surface area contributed by atoms with E-state index in [1.54, 1.807) is 12.1 Å². The predicted molar refractivity (Wildman–Crippen MR) is 76.7 cm³/mol. The van der Waals surface area contributed by atoms with E-state index in [1.165, 1.54) is 12.1 Å². The molecule has 3 nitrogen and oxygen atoms in total. The van der Waals surface area contributed by atoms with Crippen molar-refractivity contribution >= 4 is 5.82 Å². The number of hydrogen-bond acceptors (Lipinski definition) is 2. The molecule has 108 valence electrons. The third kappa shape index (κ3) is 2.81. The second-order valence-corrected chi connectivity index (χ2v) is 4.82. The lowest BCUT2D eigenvalue weighted by molar-refractivity contribution is 0.151. The summed E-state index contributed by atoms with van der Waals surface area (Å²) in [6, 6.07) is 6.12. The molecule has 0 spiro atoms. The van der Waals surface area contributed by atoms with E-state index in [0.29, 0.717) is 11.5 Å². The maximum atomic E-state index is 12.5. The number of unbranched alkanes of at least 4 members (excludes halogenated alkanes) is 1. The molecule has 2 aromatic rings. The first kappa shape index (κ1) is 14.5. The normalized spacial score (nSPS) is 11.2. The molecular weight excluding hydrogens is 260 g/mol. The maximum absolute atomic E-state index is 12.5. The zero-order valence-corrected chi connectivity index (χ0v) is 11.7. The number of rotatable bonds is 5. The number of nitrogens with two attached hydrogens (primary N) is 1. The van der Waals surface area contributed by atoms with Gasteiger partial charge in [-0.3, -0.25) is 0 Å². The molecule has 1 aromatic carbocycles. The van der Waals surface area contributed by atoms with Crippen LogP contribution in [0.3, 0.4) is 0 Å². The minimum absolute atomic E-state index is 0.00876. The van der Waals surface area contributed by atoms with Crippen LogP contribution in [0.15, 0.2) is 24.3 Å². The van der Waals surface area contributed by atoms with E-state index in [2.05, 4.69) is 11.9 Å². The van der Waals surface area contributed by atoms with Crippen LogP contribution in [0.5, 0.6) is 0 Å². The molecule has 0 aliphatic carbocycles. The average Bonchev–Trinajstić information content (AvgIpc) is 2.72. The van der Waals surface area contributed by atoms with Gasteiger partial charge in [-0.15, -0.1) is 0 Å². The summed E-state index contributed by atoms with van der Waals surface area (Å²) >= 11 is 0. The fourth-order valence-corrected chi connectivity index (χ4v) is 2.18. The Morgan fingerprint density at radius 3 is 2.45 bits per heavy atom. The van der Waals surface area contributed by atoms with Gasteiger partial charge in [-0.25, -0.2) is 13.8 Å². The van der Waals surface area contributed by atoms with Crippen LogP contribution in [0.4, 0.5) is 14.6 Å². The number of hydrogen-bond donors (Lipinski definition) is 1. The van der Waals surface area contributed by atoms with E-state index >= 15 is 0 Å². The Morgan fingerprint density at radius 2 is 1.90 bits per heavy atom. The van der Waals surface area contributed by atoms with Crippen molar-refractivity contribution in [2.24, 2.45) is 0 Å². The fourth-order valence-electron chi connectivity index (χ4n) is 2.18. The van der Waals surface area contributed by atoms with Crippen LogP contribution in [0.1, 0.15) is 37.6 Å². The highest BCUT2D eigenvalue weighted by atomic mass is 19.3. The molecule has 2 N–H and O–H groups in total. The van der Waals surface area contributed by atoms with Gasteiger partial charge in [0.1, 0.15) is 17.3 Å². The first-order valence-corrected chi connectivity index (χ1v) is 6.75. The zero-order valence-electron chi connectivity index (χ0n) is 11.7. The summed E-state index contributed by atoms with van der Waals surface area (Å²) in [6.45, 7) is 4.85. The average molecular weight is 279 g/mol. The van der Waals surface area contributed by atoms with Gasteiger partial charge >= 0.3 is 0 Å². The number of nitrogen functional groups attached to an aromatic ring is 1. The second kappa shape index (κ2) is 6.03. The smallest absolute Gasteiger partial charge is 0.263 e. The molecule has 5 heteroatoms. The summed E-state index contributed by atoms with van der Waals surface area (Å²) in [4.78, 5) is 4.46. The van der Waals surface area contributed by atoms with E-state index in [4.69, 9.17) is 5.73 Å². The van der Waals surface area contributed by atoms with Gasteiger partial charge in [0.15, 0.2) is 0 Å². The molecule has 0 aliphatic heterocycles. The van der Waals surface area contributed by atoms with Gasteiger partial charge in [-0.1, -0.05) is 37.6 Å². The van der Waals surface area contributed by atoms with E-state index in [0.717, 1.165) is 30.8 Å². The van der Waals surface area contributed by atoms with E-state index in [9.17, 15) is 8.78 Å². The molecule has 0 atom stereocenters. The molecule has 0 bridgehead atoms. The summed E-state index contributed by atoms with van der Waals surface area (Å²) in [5, 5.41) is 0. The van der Waals surface area contributed by atoms with E-state index in [-0.39, 0.29) is 5.56 Å². The Balaban J connectivity index is 2.33. The Bertz CT molecular complexity index is 574. The van der Waals surface area contributed by atoms with Crippen LogP contribution in [0.25, 0.3) is 11.3 Å².